The number of aromatic amines is 1. The van der Waals surface area contributed by atoms with Crippen LogP contribution in [0.2, 0.25) is 0 Å². The molecule has 0 bridgehead atoms. The molecule has 2 aromatic heterocycles. The fourth-order valence-electron chi connectivity index (χ4n) is 1.88. The van der Waals surface area contributed by atoms with Crippen molar-refractivity contribution in [3.63, 3.8) is 0 Å². The van der Waals surface area contributed by atoms with Crippen LogP contribution in [0, 0.1) is 0 Å². The predicted octanol–water partition coefficient (Wildman–Crippen LogP) is 2.45. The molecule has 0 fully saturated rings. The Labute approximate surface area is 98.6 Å². The number of rotatable bonds is 4. The molecule has 0 amide bonds. The second kappa shape index (κ2) is 4.43. The summed E-state index contributed by atoms with van der Waals surface area (Å²) in [6, 6.07) is 10.3. The summed E-state index contributed by atoms with van der Waals surface area (Å²) in [6.07, 6.45) is 3.54. The SMILES string of the molecule is c1cc2cc(CNCc3ccon3)ccc2[nH]1. The lowest BCUT2D eigenvalue weighted by Crippen LogP contribution is -2.12. The fraction of sp³-hybridized carbons (Fsp3) is 0.154. The standard InChI is InChI=1S/C13H13N3O/c1-2-13-11(3-5-15-13)7-10(1)8-14-9-12-4-6-17-16-12/h1-7,14-15H,8-9H2. The highest BCUT2D eigenvalue weighted by Crippen LogP contribution is 2.14. The largest absolute Gasteiger partial charge is 0.364 e. The molecular weight excluding hydrogens is 214 g/mol. The normalized spacial score (nSPS) is 11.1. The maximum absolute atomic E-state index is 4.77. The fourth-order valence-corrected chi connectivity index (χ4v) is 1.88. The maximum Gasteiger partial charge on any atom is 0.124 e. The van der Waals surface area contributed by atoms with Gasteiger partial charge in [-0.2, -0.15) is 0 Å². The molecule has 3 aromatic rings. The smallest absolute Gasteiger partial charge is 0.124 e. The topological polar surface area (TPSA) is 53.9 Å². The summed E-state index contributed by atoms with van der Waals surface area (Å²) in [4.78, 5) is 3.18. The van der Waals surface area contributed by atoms with E-state index in [4.69, 9.17) is 4.52 Å². The van der Waals surface area contributed by atoms with Crippen LogP contribution in [0.25, 0.3) is 10.9 Å². The molecule has 4 heteroatoms. The molecule has 0 radical (unpaired) electrons. The zero-order chi connectivity index (χ0) is 11.5. The number of nitrogens with zero attached hydrogens (tertiary/aromatic N) is 1. The summed E-state index contributed by atoms with van der Waals surface area (Å²) >= 11 is 0. The summed E-state index contributed by atoms with van der Waals surface area (Å²) in [5.41, 5.74) is 3.36. The third-order valence-electron chi connectivity index (χ3n) is 2.74. The van der Waals surface area contributed by atoms with Gasteiger partial charge in [0, 0.05) is 30.9 Å². The Kier molecular flexibility index (Phi) is 2.63. The van der Waals surface area contributed by atoms with E-state index in [2.05, 4.69) is 39.7 Å². The predicted molar refractivity (Wildman–Crippen MR) is 65.3 cm³/mol. The molecule has 0 unspecified atom stereocenters. The van der Waals surface area contributed by atoms with E-state index in [0.29, 0.717) is 0 Å². The molecule has 2 heterocycles. The van der Waals surface area contributed by atoms with Crippen LogP contribution in [0.4, 0.5) is 0 Å². The van der Waals surface area contributed by atoms with Crippen molar-refractivity contribution in [3.8, 4) is 0 Å². The van der Waals surface area contributed by atoms with Crippen LogP contribution in [-0.4, -0.2) is 10.1 Å². The Morgan fingerprint density at radius 3 is 3.06 bits per heavy atom. The van der Waals surface area contributed by atoms with Gasteiger partial charge >= 0.3 is 0 Å². The molecule has 17 heavy (non-hydrogen) atoms. The summed E-state index contributed by atoms with van der Waals surface area (Å²) in [5.74, 6) is 0. The van der Waals surface area contributed by atoms with Gasteiger partial charge in [-0.1, -0.05) is 11.2 Å². The first-order valence-corrected chi connectivity index (χ1v) is 5.58. The molecule has 0 aliphatic rings. The van der Waals surface area contributed by atoms with Crippen LogP contribution in [0.3, 0.4) is 0 Å². The minimum atomic E-state index is 0.724. The van der Waals surface area contributed by atoms with E-state index in [1.54, 1.807) is 6.26 Å². The minimum absolute atomic E-state index is 0.724. The number of H-pyrrole nitrogens is 1. The highest BCUT2D eigenvalue weighted by atomic mass is 16.5. The van der Waals surface area contributed by atoms with Crippen LogP contribution in [0.1, 0.15) is 11.3 Å². The summed E-state index contributed by atoms with van der Waals surface area (Å²) < 4.78 is 4.77. The van der Waals surface area contributed by atoms with E-state index >= 15 is 0 Å². The minimum Gasteiger partial charge on any atom is -0.364 e. The Morgan fingerprint density at radius 2 is 2.18 bits per heavy atom. The molecule has 0 aliphatic heterocycles. The van der Waals surface area contributed by atoms with Crippen molar-refractivity contribution in [3.05, 3.63) is 54.0 Å². The van der Waals surface area contributed by atoms with Crippen molar-refractivity contribution < 1.29 is 4.52 Å². The molecular formula is C13H13N3O. The van der Waals surface area contributed by atoms with E-state index in [0.717, 1.165) is 18.8 Å². The quantitative estimate of drug-likeness (QED) is 0.719. The Balaban J connectivity index is 1.64. The summed E-state index contributed by atoms with van der Waals surface area (Å²) in [5, 5.41) is 8.42. The molecule has 2 N–H and O–H groups in total. The molecule has 0 saturated heterocycles. The van der Waals surface area contributed by atoms with Crippen molar-refractivity contribution in [1.29, 1.82) is 0 Å². The van der Waals surface area contributed by atoms with Gasteiger partial charge in [-0.15, -0.1) is 0 Å². The Bertz CT molecular complexity index is 598. The molecule has 1 aromatic carbocycles. The highest BCUT2D eigenvalue weighted by Gasteiger charge is 1.99. The van der Waals surface area contributed by atoms with Gasteiger partial charge in [0.05, 0.1) is 5.69 Å². The number of fused-ring (bicyclic) bond motifs is 1. The van der Waals surface area contributed by atoms with Crippen molar-refractivity contribution >= 4 is 10.9 Å². The van der Waals surface area contributed by atoms with Gasteiger partial charge < -0.3 is 14.8 Å². The van der Waals surface area contributed by atoms with Gasteiger partial charge in [-0.3, -0.25) is 0 Å². The second-order valence-electron chi connectivity index (χ2n) is 3.99. The van der Waals surface area contributed by atoms with E-state index in [-0.39, 0.29) is 0 Å². The second-order valence-corrected chi connectivity index (χ2v) is 3.99. The average molecular weight is 227 g/mol. The summed E-state index contributed by atoms with van der Waals surface area (Å²) in [7, 11) is 0. The molecule has 0 saturated carbocycles. The zero-order valence-corrected chi connectivity index (χ0v) is 9.31. The van der Waals surface area contributed by atoms with Gasteiger partial charge in [-0.05, 0) is 29.1 Å². The number of hydrogen-bond acceptors (Lipinski definition) is 3. The zero-order valence-electron chi connectivity index (χ0n) is 9.31. The van der Waals surface area contributed by atoms with Crippen LogP contribution >= 0.6 is 0 Å². The van der Waals surface area contributed by atoms with Gasteiger partial charge in [0.2, 0.25) is 0 Å². The third-order valence-corrected chi connectivity index (χ3v) is 2.74. The lowest BCUT2D eigenvalue weighted by molar-refractivity contribution is 0.408. The van der Waals surface area contributed by atoms with Crippen molar-refractivity contribution in [1.82, 2.24) is 15.5 Å². The lowest BCUT2D eigenvalue weighted by Gasteiger charge is -2.03. The van der Waals surface area contributed by atoms with Crippen LogP contribution < -0.4 is 5.32 Å². The number of hydrogen-bond donors (Lipinski definition) is 2. The number of aromatic nitrogens is 2. The van der Waals surface area contributed by atoms with E-state index < -0.39 is 0 Å². The van der Waals surface area contributed by atoms with Gasteiger partial charge in [-0.25, -0.2) is 0 Å². The molecule has 3 rings (SSSR count). The number of nitrogens with one attached hydrogen (secondary N) is 2. The maximum atomic E-state index is 4.77. The molecule has 0 atom stereocenters. The van der Waals surface area contributed by atoms with E-state index in [9.17, 15) is 0 Å². The van der Waals surface area contributed by atoms with Crippen molar-refractivity contribution in [2.45, 2.75) is 13.1 Å². The average Bonchev–Trinajstić information content (AvgIpc) is 2.98. The highest BCUT2D eigenvalue weighted by molar-refractivity contribution is 5.79. The first-order valence-electron chi connectivity index (χ1n) is 5.58. The van der Waals surface area contributed by atoms with E-state index in [1.807, 2.05) is 12.3 Å². The van der Waals surface area contributed by atoms with Crippen LogP contribution in [0.15, 0.2) is 47.3 Å². The molecule has 86 valence electrons. The first kappa shape index (κ1) is 10.1. The lowest BCUT2D eigenvalue weighted by atomic mass is 10.1. The Morgan fingerprint density at radius 1 is 1.18 bits per heavy atom. The van der Waals surface area contributed by atoms with Gasteiger partial charge in [0.15, 0.2) is 0 Å². The van der Waals surface area contributed by atoms with Gasteiger partial charge in [0.1, 0.15) is 6.26 Å². The number of benzene rings is 1. The van der Waals surface area contributed by atoms with Crippen molar-refractivity contribution in [2.75, 3.05) is 0 Å². The monoisotopic (exact) mass is 227 g/mol. The molecule has 0 aliphatic carbocycles. The molecule has 0 spiro atoms. The first-order chi connectivity index (χ1) is 8.42. The van der Waals surface area contributed by atoms with Crippen LogP contribution in [0.5, 0.6) is 0 Å². The van der Waals surface area contributed by atoms with Crippen molar-refractivity contribution in [2.24, 2.45) is 0 Å². The van der Waals surface area contributed by atoms with Gasteiger partial charge in [0.25, 0.3) is 0 Å². The molecule has 4 nitrogen and oxygen atoms in total. The Hall–Kier alpha value is -2.07. The third kappa shape index (κ3) is 2.21. The van der Waals surface area contributed by atoms with E-state index in [1.165, 1.54) is 16.5 Å². The van der Waals surface area contributed by atoms with Crippen LogP contribution in [-0.2, 0) is 13.1 Å². The summed E-state index contributed by atoms with van der Waals surface area (Å²) in [6.45, 7) is 1.55.